The standard InChI is InChI=1S/C18H21N5O2/c1-21-16-10-15(25-2)4-3-13(16)9-17(21)18(24)22-7-5-14(6-8-22)23-11-19-20-12-23/h3-4,9-12,14H,5-8H2,1-2H3. The second-order valence-electron chi connectivity index (χ2n) is 6.45. The number of fused-ring (bicyclic) bond motifs is 1. The quantitative estimate of drug-likeness (QED) is 0.734. The maximum atomic E-state index is 13.0. The van der Waals surface area contributed by atoms with E-state index in [1.165, 1.54) is 0 Å². The number of rotatable bonds is 3. The molecule has 0 N–H and O–H groups in total. The molecule has 2 aromatic heterocycles. The van der Waals surface area contributed by atoms with Gasteiger partial charge in [-0.3, -0.25) is 4.79 Å². The van der Waals surface area contributed by atoms with Crippen LogP contribution in [0.4, 0.5) is 0 Å². The van der Waals surface area contributed by atoms with Gasteiger partial charge in [0, 0.05) is 37.6 Å². The van der Waals surface area contributed by atoms with Crippen LogP contribution >= 0.6 is 0 Å². The molecule has 4 rings (SSSR count). The van der Waals surface area contributed by atoms with Gasteiger partial charge in [-0.1, -0.05) is 0 Å². The first kappa shape index (κ1) is 15.7. The Morgan fingerprint density at radius 2 is 1.88 bits per heavy atom. The van der Waals surface area contributed by atoms with Crippen LogP contribution in [0.2, 0.25) is 0 Å². The minimum absolute atomic E-state index is 0.0832. The Hall–Kier alpha value is -2.83. The van der Waals surface area contributed by atoms with Crippen LogP contribution < -0.4 is 4.74 Å². The molecule has 0 bridgehead atoms. The van der Waals surface area contributed by atoms with Gasteiger partial charge in [0.1, 0.15) is 24.1 Å². The molecule has 7 heteroatoms. The molecule has 7 nitrogen and oxygen atoms in total. The smallest absolute Gasteiger partial charge is 0.270 e. The predicted molar refractivity (Wildman–Crippen MR) is 93.7 cm³/mol. The van der Waals surface area contributed by atoms with Crippen LogP contribution in [0.3, 0.4) is 0 Å². The van der Waals surface area contributed by atoms with Gasteiger partial charge in [-0.25, -0.2) is 0 Å². The summed E-state index contributed by atoms with van der Waals surface area (Å²) in [6.07, 6.45) is 5.34. The molecule has 0 spiro atoms. The van der Waals surface area contributed by atoms with Crippen molar-refractivity contribution in [2.75, 3.05) is 20.2 Å². The summed E-state index contributed by atoms with van der Waals surface area (Å²) in [5.41, 5.74) is 1.72. The Labute approximate surface area is 145 Å². The average Bonchev–Trinajstić information content (AvgIpc) is 3.30. The Morgan fingerprint density at radius 3 is 2.56 bits per heavy atom. The van der Waals surface area contributed by atoms with Crippen LogP contribution in [0, 0.1) is 0 Å². The molecule has 1 aliphatic heterocycles. The summed E-state index contributed by atoms with van der Waals surface area (Å²) >= 11 is 0. The van der Waals surface area contributed by atoms with Crippen LogP contribution in [0.25, 0.3) is 10.9 Å². The van der Waals surface area contributed by atoms with Gasteiger partial charge in [-0.05, 0) is 31.0 Å². The lowest BCUT2D eigenvalue weighted by Gasteiger charge is -2.32. The highest BCUT2D eigenvalue weighted by Crippen LogP contribution is 2.27. The van der Waals surface area contributed by atoms with E-state index >= 15 is 0 Å². The van der Waals surface area contributed by atoms with Crippen molar-refractivity contribution in [3.05, 3.63) is 42.6 Å². The first-order chi connectivity index (χ1) is 12.2. The monoisotopic (exact) mass is 339 g/mol. The van der Waals surface area contributed by atoms with Crippen molar-refractivity contribution >= 4 is 16.8 Å². The summed E-state index contributed by atoms with van der Waals surface area (Å²) in [4.78, 5) is 14.9. The topological polar surface area (TPSA) is 65.2 Å². The largest absolute Gasteiger partial charge is 0.497 e. The van der Waals surface area contributed by atoms with Crippen molar-refractivity contribution in [2.24, 2.45) is 7.05 Å². The van der Waals surface area contributed by atoms with Gasteiger partial charge in [0.25, 0.3) is 5.91 Å². The molecule has 0 unspecified atom stereocenters. The van der Waals surface area contributed by atoms with Gasteiger partial charge in [-0.15, -0.1) is 10.2 Å². The summed E-state index contributed by atoms with van der Waals surface area (Å²) in [6.45, 7) is 1.49. The third-order valence-corrected chi connectivity index (χ3v) is 5.08. The number of piperidine rings is 1. The van der Waals surface area contributed by atoms with Crippen LogP contribution in [0.1, 0.15) is 29.4 Å². The number of aryl methyl sites for hydroxylation is 1. The number of carbonyl (C=O) groups is 1. The van der Waals surface area contributed by atoms with Gasteiger partial charge in [0.15, 0.2) is 0 Å². The fourth-order valence-electron chi connectivity index (χ4n) is 3.57. The molecular weight excluding hydrogens is 318 g/mol. The van der Waals surface area contributed by atoms with Gasteiger partial charge >= 0.3 is 0 Å². The molecule has 1 saturated heterocycles. The molecule has 1 amide bonds. The van der Waals surface area contributed by atoms with E-state index in [9.17, 15) is 4.79 Å². The molecule has 3 heterocycles. The maximum Gasteiger partial charge on any atom is 0.270 e. The maximum absolute atomic E-state index is 13.0. The van der Waals surface area contributed by atoms with Gasteiger partial charge in [-0.2, -0.15) is 0 Å². The molecule has 1 aromatic carbocycles. The number of hydrogen-bond acceptors (Lipinski definition) is 4. The number of aromatic nitrogens is 4. The highest BCUT2D eigenvalue weighted by atomic mass is 16.5. The zero-order valence-electron chi connectivity index (χ0n) is 14.4. The average molecular weight is 339 g/mol. The molecule has 1 fully saturated rings. The second kappa shape index (κ2) is 6.23. The molecule has 0 saturated carbocycles. The third kappa shape index (κ3) is 2.75. The number of methoxy groups -OCH3 is 1. The van der Waals surface area contributed by atoms with E-state index in [-0.39, 0.29) is 5.91 Å². The lowest BCUT2D eigenvalue weighted by molar-refractivity contribution is 0.0685. The molecule has 0 atom stereocenters. The highest BCUT2D eigenvalue weighted by Gasteiger charge is 2.26. The van der Waals surface area contributed by atoms with E-state index in [4.69, 9.17) is 4.74 Å². The molecule has 3 aromatic rings. The van der Waals surface area contributed by atoms with Crippen LogP contribution in [0.15, 0.2) is 36.9 Å². The number of amides is 1. The normalized spacial score (nSPS) is 15.7. The van der Waals surface area contributed by atoms with E-state index in [2.05, 4.69) is 10.2 Å². The van der Waals surface area contributed by atoms with Gasteiger partial charge in [0.2, 0.25) is 0 Å². The number of likely N-dealkylation sites (tertiary alicyclic amines) is 1. The number of carbonyl (C=O) groups excluding carboxylic acids is 1. The van der Waals surface area contributed by atoms with Crippen molar-refractivity contribution in [1.29, 1.82) is 0 Å². The first-order valence-electron chi connectivity index (χ1n) is 8.44. The lowest BCUT2D eigenvalue weighted by atomic mass is 10.0. The Morgan fingerprint density at radius 1 is 1.16 bits per heavy atom. The minimum Gasteiger partial charge on any atom is -0.497 e. The van der Waals surface area contributed by atoms with E-state index in [0.717, 1.165) is 42.6 Å². The lowest BCUT2D eigenvalue weighted by Crippen LogP contribution is -2.39. The number of nitrogens with zero attached hydrogens (tertiary/aromatic N) is 5. The summed E-state index contributed by atoms with van der Waals surface area (Å²) in [7, 11) is 3.58. The van der Waals surface area contributed by atoms with E-state index in [0.29, 0.717) is 11.7 Å². The zero-order chi connectivity index (χ0) is 17.4. The van der Waals surface area contributed by atoms with E-state index in [1.807, 2.05) is 45.3 Å². The molecule has 0 aliphatic carbocycles. The molecule has 25 heavy (non-hydrogen) atoms. The van der Waals surface area contributed by atoms with Crippen molar-refractivity contribution in [3.8, 4) is 5.75 Å². The summed E-state index contributed by atoms with van der Waals surface area (Å²) in [5, 5.41) is 8.78. The van der Waals surface area contributed by atoms with Crippen LogP contribution in [0.5, 0.6) is 5.75 Å². The first-order valence-corrected chi connectivity index (χ1v) is 8.44. The Kier molecular flexibility index (Phi) is 3.91. The van der Waals surface area contributed by atoms with Crippen molar-refractivity contribution < 1.29 is 9.53 Å². The fourth-order valence-corrected chi connectivity index (χ4v) is 3.57. The van der Waals surface area contributed by atoms with Gasteiger partial charge in [0.05, 0.1) is 12.6 Å². The van der Waals surface area contributed by atoms with Crippen LogP contribution in [-0.4, -0.2) is 50.3 Å². The predicted octanol–water partition coefficient (Wildman–Crippen LogP) is 2.26. The third-order valence-electron chi connectivity index (χ3n) is 5.08. The SMILES string of the molecule is COc1ccc2cc(C(=O)N3CCC(n4cnnc4)CC3)n(C)c2c1. The van der Waals surface area contributed by atoms with Crippen molar-refractivity contribution in [1.82, 2.24) is 24.2 Å². The second-order valence-corrected chi connectivity index (χ2v) is 6.45. The number of ether oxygens (including phenoxy) is 1. The van der Waals surface area contributed by atoms with Crippen molar-refractivity contribution in [2.45, 2.75) is 18.9 Å². The molecular formula is C18H21N5O2. The zero-order valence-corrected chi connectivity index (χ0v) is 14.4. The number of benzene rings is 1. The summed E-state index contributed by atoms with van der Waals surface area (Å²) < 4.78 is 9.27. The Bertz CT molecular complexity index is 892. The fraction of sp³-hybridized carbons (Fsp3) is 0.389. The Balaban J connectivity index is 1.53. The summed E-state index contributed by atoms with van der Waals surface area (Å²) in [5.74, 6) is 0.877. The van der Waals surface area contributed by atoms with E-state index < -0.39 is 0 Å². The molecule has 1 aliphatic rings. The molecule has 130 valence electrons. The van der Waals surface area contributed by atoms with E-state index in [1.54, 1.807) is 19.8 Å². The van der Waals surface area contributed by atoms with Gasteiger partial charge < -0.3 is 18.8 Å². The highest BCUT2D eigenvalue weighted by molar-refractivity contribution is 5.99. The number of hydrogen-bond donors (Lipinski definition) is 0. The van der Waals surface area contributed by atoms with Crippen LogP contribution in [-0.2, 0) is 7.05 Å². The summed E-state index contributed by atoms with van der Waals surface area (Å²) in [6, 6.07) is 8.20. The molecule has 0 radical (unpaired) electrons. The minimum atomic E-state index is 0.0832. The van der Waals surface area contributed by atoms with Crippen molar-refractivity contribution in [3.63, 3.8) is 0 Å².